The molecule has 0 saturated carbocycles. The number of hydrogen-bond donors (Lipinski definition) is 2. The Morgan fingerprint density at radius 2 is 2.43 bits per heavy atom. The van der Waals surface area contributed by atoms with Crippen LogP contribution in [0.4, 0.5) is 11.4 Å². The Morgan fingerprint density at radius 3 is 3.10 bits per heavy atom. The number of nitrogens with one attached hydrogen (secondary N) is 2. The maximum absolute atomic E-state index is 11.0. The Kier molecular flexibility index (Phi) is 5.77. The lowest BCUT2D eigenvalue weighted by Gasteiger charge is -2.24. The number of nitro groups is 1. The minimum absolute atomic E-state index is 0.00965. The zero-order chi connectivity index (χ0) is 15.1. The van der Waals surface area contributed by atoms with Crippen LogP contribution in [0.1, 0.15) is 13.3 Å². The van der Waals surface area contributed by atoms with Crippen molar-refractivity contribution in [3.8, 4) is 5.75 Å². The van der Waals surface area contributed by atoms with Crippen molar-refractivity contribution >= 4 is 11.4 Å². The molecule has 7 heteroatoms. The van der Waals surface area contributed by atoms with E-state index in [1.807, 2.05) is 6.92 Å². The van der Waals surface area contributed by atoms with E-state index < -0.39 is 4.92 Å². The van der Waals surface area contributed by atoms with Gasteiger partial charge in [0.05, 0.1) is 24.2 Å². The first-order valence-corrected chi connectivity index (χ1v) is 7.18. The van der Waals surface area contributed by atoms with E-state index in [1.165, 1.54) is 6.07 Å². The number of anilines is 1. The van der Waals surface area contributed by atoms with Gasteiger partial charge >= 0.3 is 5.69 Å². The van der Waals surface area contributed by atoms with Gasteiger partial charge in [-0.3, -0.25) is 10.1 Å². The van der Waals surface area contributed by atoms with Gasteiger partial charge in [-0.1, -0.05) is 6.92 Å². The SMILES string of the molecule is CCCOc1cc(NCC2CNCCO2)ccc1[N+](=O)[O-]. The molecule has 1 heterocycles. The van der Waals surface area contributed by atoms with Gasteiger partial charge in [-0.05, 0) is 12.5 Å². The molecule has 1 atom stereocenters. The molecular formula is C14H21N3O4. The zero-order valence-electron chi connectivity index (χ0n) is 12.1. The summed E-state index contributed by atoms with van der Waals surface area (Å²) in [5.74, 6) is 0.300. The van der Waals surface area contributed by atoms with Crippen molar-refractivity contribution in [3.63, 3.8) is 0 Å². The van der Waals surface area contributed by atoms with E-state index in [4.69, 9.17) is 9.47 Å². The van der Waals surface area contributed by atoms with Crippen LogP contribution in [-0.4, -0.2) is 43.9 Å². The van der Waals surface area contributed by atoms with Crippen molar-refractivity contribution in [3.05, 3.63) is 28.3 Å². The van der Waals surface area contributed by atoms with Gasteiger partial charge in [0.2, 0.25) is 0 Å². The van der Waals surface area contributed by atoms with Crippen molar-refractivity contribution in [2.45, 2.75) is 19.4 Å². The molecule has 1 aliphatic rings. The number of rotatable bonds is 7. The summed E-state index contributed by atoms with van der Waals surface area (Å²) in [4.78, 5) is 10.6. The number of ether oxygens (including phenoxy) is 2. The molecule has 1 unspecified atom stereocenters. The number of hydrogen-bond acceptors (Lipinski definition) is 6. The van der Waals surface area contributed by atoms with Crippen molar-refractivity contribution in [2.75, 3.05) is 38.2 Å². The minimum Gasteiger partial charge on any atom is -0.487 e. The molecule has 0 bridgehead atoms. The topological polar surface area (TPSA) is 85.7 Å². The van der Waals surface area contributed by atoms with Crippen LogP contribution in [0.3, 0.4) is 0 Å². The molecule has 0 radical (unpaired) electrons. The van der Waals surface area contributed by atoms with Gasteiger partial charge in [0.25, 0.3) is 0 Å². The van der Waals surface area contributed by atoms with Gasteiger partial charge in [0.15, 0.2) is 5.75 Å². The Morgan fingerprint density at radius 1 is 1.57 bits per heavy atom. The summed E-state index contributed by atoms with van der Waals surface area (Å²) < 4.78 is 11.0. The monoisotopic (exact) mass is 295 g/mol. The first kappa shape index (κ1) is 15.5. The standard InChI is InChI=1S/C14H21N3O4/c1-2-6-21-14-8-11(3-4-13(14)17(18)19)16-10-12-9-15-5-7-20-12/h3-4,8,12,15-16H,2,5-7,9-10H2,1H3. The van der Waals surface area contributed by atoms with Gasteiger partial charge in [-0.15, -0.1) is 0 Å². The van der Waals surface area contributed by atoms with Gasteiger partial charge < -0.3 is 20.1 Å². The molecule has 7 nitrogen and oxygen atoms in total. The minimum atomic E-state index is -0.428. The third-order valence-electron chi connectivity index (χ3n) is 3.16. The molecule has 0 aliphatic carbocycles. The van der Waals surface area contributed by atoms with E-state index >= 15 is 0 Å². The number of morpholine rings is 1. The number of benzene rings is 1. The smallest absolute Gasteiger partial charge is 0.311 e. The van der Waals surface area contributed by atoms with Crippen LogP contribution in [0.2, 0.25) is 0 Å². The van der Waals surface area contributed by atoms with Crippen LogP contribution in [0, 0.1) is 10.1 Å². The largest absolute Gasteiger partial charge is 0.487 e. The summed E-state index contributed by atoms with van der Waals surface area (Å²) in [5, 5.41) is 17.5. The lowest BCUT2D eigenvalue weighted by molar-refractivity contribution is -0.385. The Balaban J connectivity index is 2.00. The highest BCUT2D eigenvalue weighted by Gasteiger charge is 2.17. The normalized spacial score (nSPS) is 18.2. The first-order chi connectivity index (χ1) is 10.2. The van der Waals surface area contributed by atoms with Crippen molar-refractivity contribution in [1.82, 2.24) is 5.32 Å². The lowest BCUT2D eigenvalue weighted by atomic mass is 10.2. The van der Waals surface area contributed by atoms with Gasteiger partial charge in [-0.2, -0.15) is 0 Å². The average Bonchev–Trinajstić information content (AvgIpc) is 2.51. The van der Waals surface area contributed by atoms with Crippen LogP contribution in [-0.2, 0) is 4.74 Å². The molecule has 1 aromatic carbocycles. The molecule has 0 amide bonds. The summed E-state index contributed by atoms with van der Waals surface area (Å²) in [6.45, 7) is 5.46. The van der Waals surface area contributed by atoms with E-state index in [1.54, 1.807) is 12.1 Å². The molecule has 1 aliphatic heterocycles. The molecule has 1 saturated heterocycles. The molecule has 2 N–H and O–H groups in total. The van der Waals surface area contributed by atoms with Crippen LogP contribution in [0.25, 0.3) is 0 Å². The van der Waals surface area contributed by atoms with E-state index in [2.05, 4.69) is 10.6 Å². The molecule has 116 valence electrons. The summed E-state index contributed by atoms with van der Waals surface area (Å²) in [6.07, 6.45) is 0.907. The van der Waals surface area contributed by atoms with E-state index in [0.29, 0.717) is 25.5 Å². The second-order valence-electron chi connectivity index (χ2n) is 4.87. The van der Waals surface area contributed by atoms with E-state index in [-0.39, 0.29) is 11.8 Å². The molecular weight excluding hydrogens is 274 g/mol. The van der Waals surface area contributed by atoms with Crippen molar-refractivity contribution in [1.29, 1.82) is 0 Å². The summed E-state index contributed by atoms with van der Waals surface area (Å²) in [7, 11) is 0. The lowest BCUT2D eigenvalue weighted by Crippen LogP contribution is -2.42. The van der Waals surface area contributed by atoms with Crippen LogP contribution >= 0.6 is 0 Å². The Hall–Kier alpha value is -1.86. The van der Waals surface area contributed by atoms with Crippen molar-refractivity contribution in [2.24, 2.45) is 0 Å². The molecule has 1 fully saturated rings. The molecule has 21 heavy (non-hydrogen) atoms. The highest BCUT2D eigenvalue weighted by Crippen LogP contribution is 2.30. The van der Waals surface area contributed by atoms with Gasteiger partial charge in [0.1, 0.15) is 0 Å². The summed E-state index contributed by atoms with van der Waals surface area (Å²) >= 11 is 0. The van der Waals surface area contributed by atoms with E-state index in [9.17, 15) is 10.1 Å². The zero-order valence-corrected chi connectivity index (χ0v) is 12.1. The second-order valence-corrected chi connectivity index (χ2v) is 4.87. The van der Waals surface area contributed by atoms with Gasteiger partial charge in [0, 0.05) is 37.5 Å². The number of nitro benzene ring substituents is 1. The first-order valence-electron chi connectivity index (χ1n) is 7.18. The highest BCUT2D eigenvalue weighted by molar-refractivity contribution is 5.58. The fourth-order valence-electron chi connectivity index (χ4n) is 2.09. The van der Waals surface area contributed by atoms with Crippen LogP contribution in [0.15, 0.2) is 18.2 Å². The Labute approximate surface area is 123 Å². The third-order valence-corrected chi connectivity index (χ3v) is 3.16. The highest BCUT2D eigenvalue weighted by atomic mass is 16.6. The average molecular weight is 295 g/mol. The fraction of sp³-hybridized carbons (Fsp3) is 0.571. The predicted molar refractivity (Wildman–Crippen MR) is 80.0 cm³/mol. The molecule has 0 spiro atoms. The maximum Gasteiger partial charge on any atom is 0.311 e. The van der Waals surface area contributed by atoms with E-state index in [0.717, 1.165) is 25.2 Å². The second kappa shape index (κ2) is 7.80. The summed E-state index contributed by atoms with van der Waals surface area (Å²) in [5.41, 5.74) is 0.783. The summed E-state index contributed by atoms with van der Waals surface area (Å²) in [6, 6.07) is 4.82. The molecule has 1 aromatic rings. The molecule has 0 aromatic heterocycles. The van der Waals surface area contributed by atoms with Gasteiger partial charge in [-0.25, -0.2) is 0 Å². The quantitative estimate of drug-likeness (QED) is 0.589. The van der Waals surface area contributed by atoms with Crippen LogP contribution in [0.5, 0.6) is 5.75 Å². The molecule has 2 rings (SSSR count). The predicted octanol–water partition coefficient (Wildman–Crippen LogP) is 1.78. The fourth-order valence-corrected chi connectivity index (χ4v) is 2.09. The van der Waals surface area contributed by atoms with Crippen molar-refractivity contribution < 1.29 is 14.4 Å². The maximum atomic E-state index is 11.0. The third kappa shape index (κ3) is 4.57. The van der Waals surface area contributed by atoms with Crippen LogP contribution < -0.4 is 15.4 Å². The Bertz CT molecular complexity index is 475. The number of nitrogens with zero attached hydrogens (tertiary/aromatic N) is 1.